The van der Waals surface area contributed by atoms with E-state index in [-0.39, 0.29) is 24.6 Å². The van der Waals surface area contributed by atoms with E-state index in [1.54, 1.807) is 9.80 Å². The van der Waals surface area contributed by atoms with Crippen LogP contribution in [0.2, 0.25) is 0 Å². The number of rotatable bonds is 11. The number of para-hydroxylation sites is 2. The molecule has 38 heavy (non-hydrogen) atoms. The van der Waals surface area contributed by atoms with E-state index in [0.29, 0.717) is 45.6 Å². The van der Waals surface area contributed by atoms with Crippen LogP contribution in [0.3, 0.4) is 0 Å². The van der Waals surface area contributed by atoms with Gasteiger partial charge in [-0.05, 0) is 44.9 Å². The molecule has 8 heteroatoms. The third-order valence-corrected chi connectivity index (χ3v) is 7.43. The highest BCUT2D eigenvalue weighted by molar-refractivity contribution is 5.97. The smallest absolute Gasteiger partial charge is 0.246 e. The molecule has 0 aliphatic carbocycles. The maximum absolute atomic E-state index is 13.9. The second-order valence-electron chi connectivity index (χ2n) is 9.70. The quantitative estimate of drug-likeness (QED) is 0.379. The number of aromatic amines is 1. The van der Waals surface area contributed by atoms with Gasteiger partial charge in [0.1, 0.15) is 17.8 Å². The Labute approximate surface area is 223 Å². The van der Waals surface area contributed by atoms with Gasteiger partial charge in [0.15, 0.2) is 6.29 Å². The largest absolute Gasteiger partial charge is 0.494 e. The summed E-state index contributed by atoms with van der Waals surface area (Å²) in [6, 6.07) is 15.0. The van der Waals surface area contributed by atoms with Crippen molar-refractivity contribution >= 4 is 22.7 Å². The Morgan fingerprint density at radius 2 is 1.71 bits per heavy atom. The van der Waals surface area contributed by atoms with Gasteiger partial charge in [-0.15, -0.1) is 0 Å². The Kier molecular flexibility index (Phi) is 8.00. The zero-order valence-electron chi connectivity index (χ0n) is 22.4. The van der Waals surface area contributed by atoms with Crippen molar-refractivity contribution in [1.29, 1.82) is 0 Å². The van der Waals surface area contributed by atoms with Gasteiger partial charge in [-0.3, -0.25) is 9.59 Å². The summed E-state index contributed by atoms with van der Waals surface area (Å²) in [5, 5.41) is 1.09. The van der Waals surface area contributed by atoms with E-state index in [2.05, 4.69) is 11.1 Å². The van der Waals surface area contributed by atoms with Gasteiger partial charge >= 0.3 is 0 Å². The van der Waals surface area contributed by atoms with E-state index in [4.69, 9.17) is 14.2 Å². The minimum Gasteiger partial charge on any atom is -0.494 e. The van der Waals surface area contributed by atoms with Crippen molar-refractivity contribution in [3.63, 3.8) is 0 Å². The summed E-state index contributed by atoms with van der Waals surface area (Å²) < 4.78 is 17.3. The minimum absolute atomic E-state index is 0.0104. The predicted octanol–water partition coefficient (Wildman–Crippen LogP) is 4.43. The first kappa shape index (κ1) is 26.3. The number of nitrogens with one attached hydrogen (secondary N) is 1. The van der Waals surface area contributed by atoms with Crippen LogP contribution in [0.4, 0.5) is 0 Å². The molecular weight excluding hydrogens is 482 g/mol. The number of hydrogen-bond acceptors (Lipinski definition) is 5. The molecular formula is C30H37N3O5. The molecule has 1 saturated heterocycles. The average Bonchev–Trinajstić information content (AvgIpc) is 3.29. The number of piperazine rings is 1. The van der Waals surface area contributed by atoms with Crippen LogP contribution in [0.25, 0.3) is 10.9 Å². The van der Waals surface area contributed by atoms with Gasteiger partial charge in [0, 0.05) is 54.8 Å². The fourth-order valence-electron chi connectivity index (χ4n) is 5.87. The molecule has 2 atom stereocenters. The molecule has 3 aromatic rings. The molecule has 0 bridgehead atoms. The number of nitrogens with zero attached hydrogens (tertiary/aromatic N) is 2. The summed E-state index contributed by atoms with van der Waals surface area (Å²) in [6.07, 6.45) is 1.56. The van der Waals surface area contributed by atoms with Gasteiger partial charge < -0.3 is 29.0 Å². The zero-order chi connectivity index (χ0) is 26.6. The van der Waals surface area contributed by atoms with Crippen LogP contribution in [0.5, 0.6) is 5.75 Å². The van der Waals surface area contributed by atoms with Gasteiger partial charge in [0.2, 0.25) is 11.8 Å². The maximum Gasteiger partial charge on any atom is 0.246 e. The van der Waals surface area contributed by atoms with E-state index in [9.17, 15) is 9.59 Å². The predicted molar refractivity (Wildman–Crippen MR) is 145 cm³/mol. The van der Waals surface area contributed by atoms with Crippen LogP contribution in [0.15, 0.2) is 48.5 Å². The Morgan fingerprint density at radius 1 is 0.974 bits per heavy atom. The molecule has 0 radical (unpaired) electrons. The molecule has 0 unspecified atom stereocenters. The van der Waals surface area contributed by atoms with Gasteiger partial charge in [-0.25, -0.2) is 0 Å². The Bertz CT molecular complexity index is 1280. The molecule has 5 rings (SSSR count). The lowest BCUT2D eigenvalue weighted by molar-refractivity contribution is -0.159. The number of aromatic nitrogens is 1. The summed E-state index contributed by atoms with van der Waals surface area (Å²) in [5.41, 5.74) is 3.94. The molecule has 2 amide bonds. The second-order valence-corrected chi connectivity index (χ2v) is 9.70. The van der Waals surface area contributed by atoms with Crippen molar-refractivity contribution in [2.24, 2.45) is 0 Å². The Morgan fingerprint density at radius 3 is 2.47 bits per heavy atom. The van der Waals surface area contributed by atoms with Crippen LogP contribution in [0, 0.1) is 0 Å². The highest BCUT2D eigenvalue weighted by Crippen LogP contribution is 2.44. The molecule has 0 saturated carbocycles. The van der Waals surface area contributed by atoms with E-state index >= 15 is 0 Å². The van der Waals surface area contributed by atoms with Crippen LogP contribution in [0.1, 0.15) is 56.5 Å². The van der Waals surface area contributed by atoms with Crippen LogP contribution >= 0.6 is 0 Å². The van der Waals surface area contributed by atoms with E-state index in [1.165, 1.54) is 0 Å². The SMILES string of the molecule is CCOc1ccccc1[C@@H]1c2[nH]c3ccccc3c2C[C@H]2C(=O)N(CCCC(OCC)OCC)CC(=O)N12. The zero-order valence-corrected chi connectivity index (χ0v) is 22.4. The minimum atomic E-state index is -0.572. The number of carbonyl (C=O) groups is 2. The highest BCUT2D eigenvalue weighted by Gasteiger charge is 2.48. The van der Waals surface area contributed by atoms with Gasteiger partial charge in [0.25, 0.3) is 0 Å². The lowest BCUT2D eigenvalue weighted by Crippen LogP contribution is -2.63. The number of H-pyrrole nitrogens is 1. The molecule has 1 N–H and O–H groups in total. The molecule has 202 valence electrons. The van der Waals surface area contributed by atoms with Crippen LogP contribution in [-0.2, 0) is 25.5 Å². The maximum atomic E-state index is 13.9. The van der Waals surface area contributed by atoms with E-state index < -0.39 is 12.1 Å². The van der Waals surface area contributed by atoms with Crippen molar-refractivity contribution in [2.75, 3.05) is 32.9 Å². The summed E-state index contributed by atoms with van der Waals surface area (Å²) in [7, 11) is 0. The molecule has 1 aromatic heterocycles. The summed E-state index contributed by atoms with van der Waals surface area (Å²) >= 11 is 0. The number of carbonyl (C=O) groups excluding carboxylic acids is 2. The fraction of sp³-hybridized carbons (Fsp3) is 0.467. The monoisotopic (exact) mass is 519 g/mol. The number of ether oxygens (including phenoxy) is 3. The number of benzene rings is 2. The summed E-state index contributed by atoms with van der Waals surface area (Å²) in [4.78, 5) is 34.8. The van der Waals surface area contributed by atoms with Gasteiger partial charge in [0.05, 0.1) is 13.2 Å². The number of hydrogen-bond donors (Lipinski definition) is 1. The number of amides is 2. The molecule has 3 heterocycles. The molecule has 2 aliphatic heterocycles. The Hall–Kier alpha value is -3.36. The Balaban J connectivity index is 1.48. The third-order valence-electron chi connectivity index (χ3n) is 7.43. The van der Waals surface area contributed by atoms with Crippen molar-refractivity contribution in [1.82, 2.24) is 14.8 Å². The molecule has 0 spiro atoms. The fourth-order valence-corrected chi connectivity index (χ4v) is 5.87. The number of fused-ring (bicyclic) bond motifs is 4. The molecule has 1 fully saturated rings. The first-order chi connectivity index (χ1) is 18.6. The lowest BCUT2D eigenvalue weighted by atomic mass is 9.86. The van der Waals surface area contributed by atoms with Crippen molar-refractivity contribution in [3.05, 3.63) is 65.4 Å². The first-order valence-electron chi connectivity index (χ1n) is 13.7. The van der Waals surface area contributed by atoms with Crippen molar-refractivity contribution in [2.45, 2.75) is 58.4 Å². The average molecular weight is 520 g/mol. The molecule has 8 nitrogen and oxygen atoms in total. The summed E-state index contributed by atoms with van der Waals surface area (Å²) in [6.45, 7) is 8.03. The standard InChI is InChI=1S/C30H37N3O5/c1-4-36-25-15-10-8-13-21(25)29-28-22(20-12-7-9-14-23(20)31-28)18-24-30(35)32(19-26(34)33(24)29)17-11-16-27(37-5-2)38-6-3/h7-10,12-15,24,27,29,31H,4-6,11,16-19H2,1-3H3/t24-,29+/m0/s1. The van der Waals surface area contributed by atoms with Crippen molar-refractivity contribution < 1.29 is 23.8 Å². The topological polar surface area (TPSA) is 84.1 Å². The van der Waals surface area contributed by atoms with Gasteiger partial charge in [-0.1, -0.05) is 36.4 Å². The third kappa shape index (κ3) is 4.90. The van der Waals surface area contributed by atoms with E-state index in [1.807, 2.05) is 63.2 Å². The van der Waals surface area contributed by atoms with E-state index in [0.717, 1.165) is 33.5 Å². The van der Waals surface area contributed by atoms with Crippen LogP contribution in [-0.4, -0.2) is 71.8 Å². The summed E-state index contributed by atoms with van der Waals surface area (Å²) in [5.74, 6) is 0.663. The van der Waals surface area contributed by atoms with Gasteiger partial charge in [-0.2, -0.15) is 0 Å². The molecule has 2 aliphatic rings. The first-order valence-corrected chi connectivity index (χ1v) is 13.7. The van der Waals surface area contributed by atoms with Crippen LogP contribution < -0.4 is 4.74 Å². The molecule has 2 aromatic carbocycles. The second kappa shape index (κ2) is 11.6. The lowest BCUT2D eigenvalue weighted by Gasteiger charge is -2.47. The highest BCUT2D eigenvalue weighted by atomic mass is 16.7. The van der Waals surface area contributed by atoms with Crippen molar-refractivity contribution in [3.8, 4) is 5.75 Å². The normalized spacial score (nSPS) is 19.3.